The Labute approximate surface area is 174 Å². The zero-order valence-electron chi connectivity index (χ0n) is 16.7. The smallest absolute Gasteiger partial charge is 0.273 e. The molecule has 3 heterocycles. The summed E-state index contributed by atoms with van der Waals surface area (Å²) in [6.07, 6.45) is 11.2. The monoisotopic (exact) mass is 411 g/mol. The summed E-state index contributed by atoms with van der Waals surface area (Å²) in [7, 11) is 0. The van der Waals surface area contributed by atoms with E-state index in [2.05, 4.69) is 20.6 Å². The van der Waals surface area contributed by atoms with Crippen molar-refractivity contribution in [3.63, 3.8) is 0 Å². The number of hydrogen-bond acceptors (Lipinski definition) is 6. The fourth-order valence-electron chi connectivity index (χ4n) is 4.10. The normalized spacial score (nSPS) is 17.7. The first-order valence-electron chi connectivity index (χ1n) is 10.4. The van der Waals surface area contributed by atoms with Crippen LogP contribution in [0.2, 0.25) is 0 Å². The molecule has 3 amide bonds. The van der Waals surface area contributed by atoms with Crippen LogP contribution in [0, 0.1) is 5.92 Å². The van der Waals surface area contributed by atoms with E-state index >= 15 is 0 Å². The molecule has 0 spiro atoms. The second-order valence-corrected chi connectivity index (χ2v) is 7.77. The molecule has 2 N–H and O–H groups in total. The largest absolute Gasteiger partial charge is 0.472 e. The molecule has 1 aliphatic carbocycles. The number of hydrogen-bond donors (Lipinski definition) is 2. The molecular weight excluding hydrogens is 386 g/mol. The number of carbonyl (C=O) groups is 3. The second-order valence-electron chi connectivity index (χ2n) is 7.77. The van der Waals surface area contributed by atoms with E-state index in [1.807, 2.05) is 4.90 Å². The van der Waals surface area contributed by atoms with Gasteiger partial charge in [-0.05, 0) is 31.7 Å². The third kappa shape index (κ3) is 4.50. The fourth-order valence-corrected chi connectivity index (χ4v) is 4.10. The molecule has 9 nitrogen and oxygen atoms in total. The van der Waals surface area contributed by atoms with Crippen molar-refractivity contribution in [3.8, 4) is 0 Å². The molecule has 0 aromatic carbocycles. The van der Waals surface area contributed by atoms with Gasteiger partial charge < -0.3 is 20.0 Å². The van der Waals surface area contributed by atoms with E-state index in [0.717, 1.165) is 25.7 Å². The lowest BCUT2D eigenvalue weighted by Gasteiger charge is -2.33. The molecule has 4 rings (SSSR count). The van der Waals surface area contributed by atoms with E-state index in [9.17, 15) is 14.4 Å². The Bertz CT molecular complexity index is 900. The number of furan rings is 1. The van der Waals surface area contributed by atoms with Gasteiger partial charge in [-0.2, -0.15) is 0 Å². The van der Waals surface area contributed by atoms with Crippen LogP contribution < -0.4 is 10.6 Å². The number of anilines is 1. The number of carbonyl (C=O) groups excluding carboxylic acids is 3. The van der Waals surface area contributed by atoms with Crippen molar-refractivity contribution >= 4 is 23.5 Å². The first-order valence-corrected chi connectivity index (χ1v) is 10.4. The molecule has 0 bridgehead atoms. The fraction of sp³-hybridized carbons (Fsp3) is 0.476. The Hall–Kier alpha value is -3.23. The van der Waals surface area contributed by atoms with Crippen molar-refractivity contribution in [1.82, 2.24) is 20.2 Å². The molecule has 2 aliphatic rings. The number of likely N-dealkylation sites (tertiary alicyclic amines) is 1. The van der Waals surface area contributed by atoms with Gasteiger partial charge in [0.15, 0.2) is 11.5 Å². The Kier molecular flexibility index (Phi) is 6.06. The maximum atomic E-state index is 12.8. The van der Waals surface area contributed by atoms with Crippen molar-refractivity contribution in [2.75, 3.05) is 18.4 Å². The van der Waals surface area contributed by atoms with Crippen molar-refractivity contribution in [2.45, 2.75) is 44.6 Å². The van der Waals surface area contributed by atoms with Gasteiger partial charge in [-0.25, -0.2) is 9.97 Å². The average molecular weight is 411 g/mol. The van der Waals surface area contributed by atoms with E-state index in [0.29, 0.717) is 31.5 Å². The molecule has 1 saturated carbocycles. The molecule has 30 heavy (non-hydrogen) atoms. The van der Waals surface area contributed by atoms with Gasteiger partial charge in [0.2, 0.25) is 5.91 Å². The Morgan fingerprint density at radius 2 is 1.73 bits per heavy atom. The third-order valence-corrected chi connectivity index (χ3v) is 5.77. The molecule has 0 radical (unpaired) electrons. The minimum absolute atomic E-state index is 0.0513. The average Bonchev–Trinajstić information content (AvgIpc) is 3.48. The van der Waals surface area contributed by atoms with E-state index < -0.39 is 11.8 Å². The van der Waals surface area contributed by atoms with Crippen LogP contribution in [0.1, 0.15) is 59.4 Å². The molecule has 1 saturated heterocycles. The van der Waals surface area contributed by atoms with Gasteiger partial charge in [0.05, 0.1) is 11.8 Å². The SMILES string of the molecule is O=C(Nc1nccnc1C(=O)NC1CCN(C(=O)C2CCCC2)CC1)c1ccoc1. The highest BCUT2D eigenvalue weighted by molar-refractivity contribution is 6.07. The Balaban J connectivity index is 1.33. The molecule has 1 aliphatic heterocycles. The highest BCUT2D eigenvalue weighted by Gasteiger charge is 2.31. The van der Waals surface area contributed by atoms with Gasteiger partial charge in [-0.1, -0.05) is 12.8 Å². The van der Waals surface area contributed by atoms with Crippen molar-refractivity contribution in [3.05, 3.63) is 42.2 Å². The summed E-state index contributed by atoms with van der Waals surface area (Å²) in [6.45, 7) is 1.29. The van der Waals surface area contributed by atoms with Crippen LogP contribution in [0.15, 0.2) is 35.4 Å². The maximum Gasteiger partial charge on any atom is 0.273 e. The number of amides is 3. The summed E-state index contributed by atoms with van der Waals surface area (Å²) in [5.74, 6) is -0.300. The van der Waals surface area contributed by atoms with Gasteiger partial charge in [-0.3, -0.25) is 14.4 Å². The number of nitrogens with one attached hydrogen (secondary N) is 2. The van der Waals surface area contributed by atoms with Gasteiger partial charge in [0.25, 0.3) is 11.8 Å². The van der Waals surface area contributed by atoms with E-state index in [1.54, 1.807) is 0 Å². The maximum absolute atomic E-state index is 12.8. The zero-order chi connectivity index (χ0) is 20.9. The number of nitrogens with zero attached hydrogens (tertiary/aromatic N) is 3. The second kappa shape index (κ2) is 9.06. The zero-order valence-corrected chi connectivity index (χ0v) is 16.7. The van der Waals surface area contributed by atoms with Gasteiger partial charge in [0, 0.05) is 37.4 Å². The van der Waals surface area contributed by atoms with Crippen LogP contribution in [0.5, 0.6) is 0 Å². The first kappa shape index (κ1) is 20.1. The Morgan fingerprint density at radius 3 is 2.43 bits per heavy atom. The van der Waals surface area contributed by atoms with Gasteiger partial charge >= 0.3 is 0 Å². The standard InChI is InChI=1S/C21H25N5O4/c27-19(15-7-12-30-13-15)25-18-17(22-8-9-23-18)20(28)24-16-5-10-26(11-6-16)21(29)14-3-1-2-4-14/h7-9,12-14,16H,1-6,10-11H2,(H,24,28)(H,23,25,27). The molecule has 0 unspecified atom stereocenters. The lowest BCUT2D eigenvalue weighted by molar-refractivity contribution is -0.136. The predicted octanol–water partition coefficient (Wildman–Crippen LogP) is 2.23. The highest BCUT2D eigenvalue weighted by atomic mass is 16.3. The summed E-state index contributed by atoms with van der Waals surface area (Å²) in [6, 6.07) is 1.47. The lowest BCUT2D eigenvalue weighted by atomic mass is 10.0. The van der Waals surface area contributed by atoms with E-state index in [4.69, 9.17) is 4.42 Å². The summed E-state index contributed by atoms with van der Waals surface area (Å²) in [5, 5.41) is 5.56. The van der Waals surface area contributed by atoms with Crippen LogP contribution in [0.25, 0.3) is 0 Å². The molecule has 0 atom stereocenters. The van der Waals surface area contributed by atoms with Crippen LogP contribution in [-0.2, 0) is 4.79 Å². The van der Waals surface area contributed by atoms with E-state index in [-0.39, 0.29) is 29.4 Å². The van der Waals surface area contributed by atoms with Crippen molar-refractivity contribution in [2.24, 2.45) is 5.92 Å². The third-order valence-electron chi connectivity index (χ3n) is 5.77. The lowest BCUT2D eigenvalue weighted by Crippen LogP contribution is -2.48. The Morgan fingerprint density at radius 1 is 1.00 bits per heavy atom. The topological polar surface area (TPSA) is 117 Å². The van der Waals surface area contributed by atoms with Crippen molar-refractivity contribution < 1.29 is 18.8 Å². The predicted molar refractivity (Wildman–Crippen MR) is 108 cm³/mol. The minimum Gasteiger partial charge on any atom is -0.472 e. The minimum atomic E-state index is -0.433. The number of rotatable bonds is 5. The van der Waals surface area contributed by atoms with Crippen LogP contribution in [0.4, 0.5) is 5.82 Å². The molecule has 2 fully saturated rings. The number of piperidine rings is 1. The molecule has 2 aromatic rings. The number of aromatic nitrogens is 2. The summed E-state index contributed by atoms with van der Waals surface area (Å²) >= 11 is 0. The van der Waals surface area contributed by atoms with Crippen LogP contribution in [0.3, 0.4) is 0 Å². The van der Waals surface area contributed by atoms with Crippen molar-refractivity contribution in [1.29, 1.82) is 0 Å². The molecular formula is C21H25N5O4. The van der Waals surface area contributed by atoms with Crippen LogP contribution >= 0.6 is 0 Å². The molecule has 2 aromatic heterocycles. The quantitative estimate of drug-likeness (QED) is 0.779. The van der Waals surface area contributed by atoms with E-state index in [1.165, 1.54) is 31.0 Å². The molecule has 158 valence electrons. The summed E-state index contributed by atoms with van der Waals surface area (Å²) in [5.41, 5.74) is 0.380. The highest BCUT2D eigenvalue weighted by Crippen LogP contribution is 2.27. The van der Waals surface area contributed by atoms with Gasteiger partial charge in [-0.15, -0.1) is 0 Å². The molecule has 9 heteroatoms. The van der Waals surface area contributed by atoms with Gasteiger partial charge in [0.1, 0.15) is 6.26 Å². The van der Waals surface area contributed by atoms with Crippen LogP contribution in [-0.4, -0.2) is 51.7 Å². The summed E-state index contributed by atoms with van der Waals surface area (Å²) in [4.78, 5) is 47.7. The summed E-state index contributed by atoms with van der Waals surface area (Å²) < 4.78 is 4.91. The first-order chi connectivity index (χ1) is 14.6.